The highest BCUT2D eigenvalue weighted by Crippen LogP contribution is 2.43. The van der Waals surface area contributed by atoms with E-state index in [9.17, 15) is 4.79 Å². The first-order valence-electron chi connectivity index (χ1n) is 5.66. The average molecular weight is 214 g/mol. The molecule has 0 N–H and O–H groups in total. The summed E-state index contributed by atoms with van der Waals surface area (Å²) in [4.78, 5) is 11.2. The number of fused-ring (bicyclic) bond motifs is 2. The van der Waals surface area contributed by atoms with Crippen LogP contribution in [0, 0.1) is 0 Å². The lowest BCUT2D eigenvalue weighted by atomic mass is 9.89. The maximum Gasteiger partial charge on any atom is 0.155 e. The van der Waals surface area contributed by atoms with Gasteiger partial charge in [0.15, 0.2) is 6.29 Å². The van der Waals surface area contributed by atoms with E-state index in [1.807, 2.05) is 6.92 Å². The molecule has 1 aliphatic heterocycles. The Morgan fingerprint density at radius 3 is 3.00 bits per heavy atom. The second-order valence-electron chi connectivity index (χ2n) is 4.61. The Bertz CT molecular complexity index is 487. The molecule has 1 aromatic carbocycles. The van der Waals surface area contributed by atoms with E-state index in [1.165, 1.54) is 16.7 Å². The molecule has 0 saturated carbocycles. The normalized spacial score (nSPS) is 27.6. The lowest BCUT2D eigenvalue weighted by molar-refractivity contribution is -0.125. The summed E-state index contributed by atoms with van der Waals surface area (Å²) in [7, 11) is 0. The van der Waals surface area contributed by atoms with Crippen molar-refractivity contribution in [3.63, 3.8) is 0 Å². The minimum absolute atomic E-state index is 0.641. The van der Waals surface area contributed by atoms with Crippen molar-refractivity contribution in [2.24, 2.45) is 0 Å². The van der Waals surface area contributed by atoms with E-state index >= 15 is 0 Å². The van der Waals surface area contributed by atoms with Gasteiger partial charge in [-0.2, -0.15) is 0 Å². The molecule has 2 aliphatic rings. The van der Waals surface area contributed by atoms with Gasteiger partial charge >= 0.3 is 0 Å². The van der Waals surface area contributed by atoms with Crippen molar-refractivity contribution in [3.05, 3.63) is 41.0 Å². The van der Waals surface area contributed by atoms with Crippen molar-refractivity contribution >= 4 is 11.9 Å². The van der Waals surface area contributed by atoms with Crippen molar-refractivity contribution < 1.29 is 9.53 Å². The van der Waals surface area contributed by atoms with E-state index < -0.39 is 5.60 Å². The number of carbonyl (C=O) groups excluding carboxylic acids is 1. The molecule has 1 heterocycles. The van der Waals surface area contributed by atoms with Crippen LogP contribution in [-0.2, 0) is 16.0 Å². The lowest BCUT2D eigenvalue weighted by Crippen LogP contribution is -2.36. The summed E-state index contributed by atoms with van der Waals surface area (Å²) in [5.74, 6) is 0. The van der Waals surface area contributed by atoms with Crippen molar-refractivity contribution in [2.45, 2.75) is 25.4 Å². The number of ether oxygens (including phenoxy) is 1. The third-order valence-corrected chi connectivity index (χ3v) is 3.65. The minimum atomic E-state index is -0.702. The Hall–Kier alpha value is -1.41. The van der Waals surface area contributed by atoms with Crippen LogP contribution >= 0.6 is 0 Å². The molecule has 0 fully saturated rings. The van der Waals surface area contributed by atoms with Gasteiger partial charge in [0, 0.05) is 0 Å². The fourth-order valence-electron chi connectivity index (χ4n) is 2.75. The number of carbonyl (C=O) groups is 1. The molecule has 1 aliphatic carbocycles. The SMILES string of the molecule is CC1(C=O)OCCC2=C1Cc1ccccc12. The molecule has 0 aromatic heterocycles. The monoisotopic (exact) mass is 214 g/mol. The molecule has 0 spiro atoms. The van der Waals surface area contributed by atoms with Crippen molar-refractivity contribution in [1.29, 1.82) is 0 Å². The molecule has 1 unspecified atom stereocenters. The van der Waals surface area contributed by atoms with E-state index in [0.717, 1.165) is 24.7 Å². The lowest BCUT2D eigenvalue weighted by Gasteiger charge is -2.31. The van der Waals surface area contributed by atoms with Gasteiger partial charge in [-0.05, 0) is 42.0 Å². The van der Waals surface area contributed by atoms with Gasteiger partial charge in [-0.25, -0.2) is 0 Å². The van der Waals surface area contributed by atoms with Gasteiger partial charge in [0.2, 0.25) is 0 Å². The number of hydrogen-bond donors (Lipinski definition) is 0. The van der Waals surface area contributed by atoms with Crippen LogP contribution in [0.5, 0.6) is 0 Å². The van der Waals surface area contributed by atoms with E-state index in [1.54, 1.807) is 0 Å². The Morgan fingerprint density at radius 2 is 2.19 bits per heavy atom. The van der Waals surface area contributed by atoms with E-state index in [4.69, 9.17) is 4.74 Å². The van der Waals surface area contributed by atoms with Crippen molar-refractivity contribution in [2.75, 3.05) is 6.61 Å². The fraction of sp³-hybridized carbons (Fsp3) is 0.357. The van der Waals surface area contributed by atoms with Crippen LogP contribution < -0.4 is 0 Å². The molecule has 0 bridgehead atoms. The third kappa shape index (κ3) is 1.20. The smallest absolute Gasteiger partial charge is 0.155 e. The molecule has 0 saturated heterocycles. The molecule has 82 valence electrons. The van der Waals surface area contributed by atoms with E-state index in [2.05, 4.69) is 24.3 Å². The van der Waals surface area contributed by atoms with Crippen molar-refractivity contribution in [3.8, 4) is 0 Å². The fourth-order valence-corrected chi connectivity index (χ4v) is 2.75. The van der Waals surface area contributed by atoms with Gasteiger partial charge in [-0.15, -0.1) is 0 Å². The van der Waals surface area contributed by atoms with Gasteiger partial charge in [-0.1, -0.05) is 24.3 Å². The van der Waals surface area contributed by atoms with Gasteiger partial charge in [0.25, 0.3) is 0 Å². The average Bonchev–Trinajstić information content (AvgIpc) is 2.70. The Kier molecular flexibility index (Phi) is 2.01. The molecule has 2 heteroatoms. The number of benzene rings is 1. The summed E-state index contributed by atoms with van der Waals surface area (Å²) in [6, 6.07) is 8.39. The molecule has 3 rings (SSSR count). The maximum atomic E-state index is 11.2. The Labute approximate surface area is 94.9 Å². The molecule has 0 amide bonds. The largest absolute Gasteiger partial charge is 0.363 e. The number of aldehydes is 1. The summed E-state index contributed by atoms with van der Waals surface area (Å²) in [5, 5.41) is 0. The summed E-state index contributed by atoms with van der Waals surface area (Å²) >= 11 is 0. The summed E-state index contributed by atoms with van der Waals surface area (Å²) in [6.07, 6.45) is 2.73. The standard InChI is InChI=1S/C14H14O2/c1-14(9-15)13-8-10-4-2-3-5-11(10)12(13)6-7-16-14/h2-5,9H,6-8H2,1H3. The van der Waals surface area contributed by atoms with Gasteiger partial charge in [0.1, 0.15) is 5.60 Å². The van der Waals surface area contributed by atoms with Crippen LogP contribution in [0.4, 0.5) is 0 Å². The van der Waals surface area contributed by atoms with Gasteiger partial charge < -0.3 is 4.74 Å². The third-order valence-electron chi connectivity index (χ3n) is 3.65. The minimum Gasteiger partial charge on any atom is -0.363 e. The van der Waals surface area contributed by atoms with Gasteiger partial charge in [-0.3, -0.25) is 4.79 Å². The Morgan fingerprint density at radius 1 is 1.38 bits per heavy atom. The first kappa shape index (κ1) is 9.79. The zero-order valence-electron chi connectivity index (χ0n) is 9.32. The van der Waals surface area contributed by atoms with Crippen LogP contribution in [0.25, 0.3) is 5.57 Å². The maximum absolute atomic E-state index is 11.2. The first-order chi connectivity index (χ1) is 7.74. The zero-order valence-corrected chi connectivity index (χ0v) is 9.32. The summed E-state index contributed by atoms with van der Waals surface area (Å²) in [5.41, 5.74) is 4.43. The second-order valence-corrected chi connectivity index (χ2v) is 4.61. The summed E-state index contributed by atoms with van der Waals surface area (Å²) < 4.78 is 5.63. The second kappa shape index (κ2) is 3.29. The van der Waals surface area contributed by atoms with Crippen molar-refractivity contribution in [1.82, 2.24) is 0 Å². The van der Waals surface area contributed by atoms with Crippen LogP contribution in [0.2, 0.25) is 0 Å². The van der Waals surface area contributed by atoms with Crippen LogP contribution in [0.1, 0.15) is 24.5 Å². The molecule has 16 heavy (non-hydrogen) atoms. The highest BCUT2D eigenvalue weighted by Gasteiger charge is 2.39. The van der Waals surface area contributed by atoms with Gasteiger partial charge in [0.05, 0.1) is 6.61 Å². The Balaban J connectivity index is 2.15. The van der Waals surface area contributed by atoms with Crippen LogP contribution in [-0.4, -0.2) is 18.5 Å². The molecule has 2 nitrogen and oxygen atoms in total. The zero-order chi connectivity index (χ0) is 11.2. The van der Waals surface area contributed by atoms with Crippen LogP contribution in [0.3, 0.4) is 0 Å². The predicted molar refractivity (Wildman–Crippen MR) is 62.1 cm³/mol. The molecule has 1 aromatic rings. The van der Waals surface area contributed by atoms with E-state index in [0.29, 0.717) is 6.61 Å². The highest BCUT2D eigenvalue weighted by molar-refractivity contribution is 5.84. The van der Waals surface area contributed by atoms with E-state index in [-0.39, 0.29) is 0 Å². The molecule has 1 atom stereocenters. The number of rotatable bonds is 1. The summed E-state index contributed by atoms with van der Waals surface area (Å²) in [6.45, 7) is 2.52. The molecular formula is C14H14O2. The highest BCUT2D eigenvalue weighted by atomic mass is 16.5. The topological polar surface area (TPSA) is 26.3 Å². The first-order valence-corrected chi connectivity index (χ1v) is 5.66. The molecular weight excluding hydrogens is 200 g/mol. The quantitative estimate of drug-likeness (QED) is 0.671. The van der Waals surface area contributed by atoms with Crippen LogP contribution in [0.15, 0.2) is 29.8 Å². The number of hydrogen-bond acceptors (Lipinski definition) is 2. The predicted octanol–water partition coefficient (Wildman–Crippen LogP) is 2.37. The molecule has 0 radical (unpaired) electrons.